The van der Waals surface area contributed by atoms with Crippen molar-refractivity contribution in [3.8, 4) is 23.0 Å². The fourth-order valence-corrected chi connectivity index (χ4v) is 3.67. The third-order valence-corrected chi connectivity index (χ3v) is 5.58. The predicted octanol–water partition coefficient (Wildman–Crippen LogP) is 0.836. The molecule has 5 N–H and O–H groups in total. The van der Waals surface area contributed by atoms with Gasteiger partial charge in [-0.1, -0.05) is 0 Å². The summed E-state index contributed by atoms with van der Waals surface area (Å²) in [5.41, 5.74) is -2.76. The molecule has 0 heterocycles. The first-order valence-corrected chi connectivity index (χ1v) is 10.3. The third-order valence-electron chi connectivity index (χ3n) is 5.58. The van der Waals surface area contributed by atoms with Gasteiger partial charge in [-0.15, -0.1) is 0 Å². The highest BCUT2D eigenvalue weighted by atomic mass is 16.6. The summed E-state index contributed by atoms with van der Waals surface area (Å²) in [7, 11) is 2.62. The van der Waals surface area contributed by atoms with E-state index in [0.717, 1.165) is 12.1 Å². The monoisotopic (exact) mass is 492 g/mol. The Morgan fingerprint density at radius 3 is 1.54 bits per heavy atom. The molecule has 12 nitrogen and oxygen atoms in total. The van der Waals surface area contributed by atoms with Crippen LogP contribution in [0, 0.1) is 0 Å². The Morgan fingerprint density at radius 2 is 1.23 bits per heavy atom. The maximum atomic E-state index is 12.6. The fourth-order valence-electron chi connectivity index (χ4n) is 3.67. The van der Waals surface area contributed by atoms with Crippen LogP contribution in [0.1, 0.15) is 33.6 Å². The van der Waals surface area contributed by atoms with Crippen LogP contribution in [0.2, 0.25) is 0 Å². The maximum Gasteiger partial charge on any atom is 0.338 e. The molecule has 35 heavy (non-hydrogen) atoms. The summed E-state index contributed by atoms with van der Waals surface area (Å²) in [6.45, 7) is 0. The first-order valence-electron chi connectivity index (χ1n) is 10.3. The molecule has 188 valence electrons. The normalized spacial score (nSPS) is 23.7. The first kappa shape index (κ1) is 25.6. The molecule has 1 saturated carbocycles. The van der Waals surface area contributed by atoms with E-state index >= 15 is 0 Å². The molecule has 1 aliphatic carbocycles. The van der Waals surface area contributed by atoms with Gasteiger partial charge in [-0.25, -0.2) is 14.4 Å². The number of carbonyl (C=O) groups is 3. The van der Waals surface area contributed by atoms with Crippen molar-refractivity contribution in [2.24, 2.45) is 0 Å². The molecular weight excluding hydrogens is 468 g/mol. The number of methoxy groups -OCH3 is 2. The van der Waals surface area contributed by atoms with E-state index in [-0.39, 0.29) is 34.1 Å². The van der Waals surface area contributed by atoms with Gasteiger partial charge >= 0.3 is 17.9 Å². The SMILES string of the molecule is COc1ccc(C(=O)O[C@@H]2CC(O)(C(=O)O)C[C@@H](OC(=O)c3ccc(OC)c(O)c3)C2O)cc1O. The van der Waals surface area contributed by atoms with Crippen molar-refractivity contribution in [2.45, 2.75) is 36.8 Å². The minimum Gasteiger partial charge on any atom is -0.504 e. The lowest BCUT2D eigenvalue weighted by atomic mass is 9.79. The van der Waals surface area contributed by atoms with Crippen molar-refractivity contribution in [3.63, 3.8) is 0 Å². The summed E-state index contributed by atoms with van der Waals surface area (Å²) in [6, 6.07) is 7.23. The van der Waals surface area contributed by atoms with Crippen LogP contribution in [0.5, 0.6) is 23.0 Å². The lowest BCUT2D eigenvalue weighted by molar-refractivity contribution is -0.187. The summed E-state index contributed by atoms with van der Waals surface area (Å²) in [5.74, 6) is -4.27. The molecule has 0 amide bonds. The zero-order chi connectivity index (χ0) is 25.9. The Bertz CT molecular complexity index is 1050. The molecule has 2 atom stereocenters. The fraction of sp³-hybridized carbons (Fsp3) is 0.348. The lowest BCUT2D eigenvalue weighted by Crippen LogP contribution is -2.58. The van der Waals surface area contributed by atoms with Crippen molar-refractivity contribution in [1.29, 1.82) is 0 Å². The molecule has 1 fully saturated rings. The van der Waals surface area contributed by atoms with Crippen LogP contribution in [0.4, 0.5) is 0 Å². The van der Waals surface area contributed by atoms with Crippen molar-refractivity contribution < 1.29 is 58.9 Å². The molecule has 0 bridgehead atoms. The van der Waals surface area contributed by atoms with Gasteiger partial charge in [0, 0.05) is 12.8 Å². The van der Waals surface area contributed by atoms with Gasteiger partial charge in [-0.05, 0) is 36.4 Å². The largest absolute Gasteiger partial charge is 0.504 e. The van der Waals surface area contributed by atoms with Crippen LogP contribution >= 0.6 is 0 Å². The van der Waals surface area contributed by atoms with Gasteiger partial charge in [0.1, 0.15) is 18.3 Å². The Morgan fingerprint density at radius 1 is 0.829 bits per heavy atom. The number of carboxylic acid groups (broad SMARTS) is 1. The second-order valence-electron chi connectivity index (χ2n) is 7.90. The van der Waals surface area contributed by atoms with E-state index < -0.39 is 54.7 Å². The summed E-state index contributed by atoms with van der Waals surface area (Å²) in [6.07, 6.45) is -6.22. The van der Waals surface area contributed by atoms with Gasteiger partial charge < -0.3 is 44.5 Å². The number of benzene rings is 2. The molecular formula is C23H24O12. The van der Waals surface area contributed by atoms with Crippen LogP contribution in [-0.2, 0) is 14.3 Å². The molecule has 2 aromatic rings. The van der Waals surface area contributed by atoms with E-state index in [1.54, 1.807) is 0 Å². The smallest absolute Gasteiger partial charge is 0.338 e. The quantitative estimate of drug-likeness (QED) is 0.343. The van der Waals surface area contributed by atoms with Gasteiger partial charge in [0.15, 0.2) is 28.6 Å². The van der Waals surface area contributed by atoms with Crippen LogP contribution in [0.15, 0.2) is 36.4 Å². The standard InChI is InChI=1S/C23H24O12/c1-32-15-5-3-11(7-13(15)24)20(27)34-17-9-23(31,22(29)30)10-18(19(17)26)35-21(28)12-4-6-16(33-2)14(25)8-12/h3-8,17-19,24-26,31H,9-10H2,1-2H3,(H,29,30)/t17-,18-,19?,23?/m1/s1. The van der Waals surface area contributed by atoms with E-state index in [9.17, 15) is 39.9 Å². The second-order valence-corrected chi connectivity index (χ2v) is 7.90. The summed E-state index contributed by atoms with van der Waals surface area (Å²) in [4.78, 5) is 36.9. The highest BCUT2D eigenvalue weighted by Gasteiger charge is 2.52. The second kappa shape index (κ2) is 10.1. The first-order chi connectivity index (χ1) is 16.5. The third kappa shape index (κ3) is 5.39. The molecule has 0 spiro atoms. The number of rotatable bonds is 7. The van der Waals surface area contributed by atoms with Gasteiger partial charge in [0.25, 0.3) is 0 Å². The molecule has 0 aliphatic heterocycles. The lowest BCUT2D eigenvalue weighted by Gasteiger charge is -2.40. The van der Waals surface area contributed by atoms with Crippen molar-refractivity contribution in [2.75, 3.05) is 14.2 Å². The number of carboxylic acids is 1. The minimum absolute atomic E-state index is 0.0936. The molecule has 0 aromatic heterocycles. The number of aliphatic hydroxyl groups is 2. The number of esters is 2. The van der Waals surface area contributed by atoms with Crippen LogP contribution in [0.25, 0.3) is 0 Å². The van der Waals surface area contributed by atoms with Crippen LogP contribution in [0.3, 0.4) is 0 Å². The average molecular weight is 492 g/mol. The minimum atomic E-state index is -2.49. The van der Waals surface area contributed by atoms with E-state index in [0.29, 0.717) is 0 Å². The van der Waals surface area contributed by atoms with Crippen molar-refractivity contribution in [1.82, 2.24) is 0 Å². The van der Waals surface area contributed by atoms with E-state index in [4.69, 9.17) is 18.9 Å². The van der Waals surface area contributed by atoms with E-state index in [1.807, 2.05) is 0 Å². The van der Waals surface area contributed by atoms with Gasteiger partial charge in [-0.2, -0.15) is 0 Å². The van der Waals surface area contributed by atoms with Gasteiger partial charge in [-0.3, -0.25) is 0 Å². The van der Waals surface area contributed by atoms with E-state index in [1.165, 1.54) is 38.5 Å². The number of hydrogen-bond acceptors (Lipinski definition) is 11. The molecule has 0 radical (unpaired) electrons. The highest BCUT2D eigenvalue weighted by molar-refractivity contribution is 5.91. The molecule has 1 aliphatic rings. The van der Waals surface area contributed by atoms with Gasteiger partial charge in [0.05, 0.1) is 25.3 Å². The zero-order valence-corrected chi connectivity index (χ0v) is 18.7. The Hall–Kier alpha value is -4.03. The molecule has 0 unspecified atom stereocenters. The predicted molar refractivity (Wildman–Crippen MR) is 116 cm³/mol. The van der Waals surface area contributed by atoms with Crippen molar-refractivity contribution >= 4 is 17.9 Å². The Balaban J connectivity index is 1.82. The number of phenols is 2. The number of aliphatic carboxylic acids is 1. The van der Waals surface area contributed by atoms with Gasteiger partial charge in [0.2, 0.25) is 0 Å². The number of carbonyl (C=O) groups excluding carboxylic acids is 2. The van der Waals surface area contributed by atoms with Crippen LogP contribution < -0.4 is 9.47 Å². The number of aliphatic hydroxyl groups excluding tert-OH is 1. The Labute approximate surface area is 198 Å². The molecule has 2 aromatic carbocycles. The number of aromatic hydroxyl groups is 2. The topological polar surface area (TPSA) is 189 Å². The van der Waals surface area contributed by atoms with Crippen molar-refractivity contribution in [3.05, 3.63) is 47.5 Å². The molecule has 0 saturated heterocycles. The summed E-state index contributed by atoms with van der Waals surface area (Å²) in [5, 5.41) is 50.6. The summed E-state index contributed by atoms with van der Waals surface area (Å²) < 4.78 is 20.2. The van der Waals surface area contributed by atoms with E-state index in [2.05, 4.69) is 0 Å². The number of phenolic OH excluding ortho intramolecular Hbond substituents is 2. The number of ether oxygens (including phenoxy) is 4. The molecule has 12 heteroatoms. The average Bonchev–Trinajstić information content (AvgIpc) is 2.81. The highest BCUT2D eigenvalue weighted by Crippen LogP contribution is 2.35. The van der Waals surface area contributed by atoms with Crippen LogP contribution in [-0.4, -0.2) is 81.6 Å². The maximum absolute atomic E-state index is 12.6. The summed E-state index contributed by atoms with van der Waals surface area (Å²) >= 11 is 0. The Kier molecular flexibility index (Phi) is 7.37. The number of hydrogen-bond donors (Lipinski definition) is 5. The zero-order valence-electron chi connectivity index (χ0n) is 18.7. The molecule has 3 rings (SSSR count).